The zero-order chi connectivity index (χ0) is 11.2. The van der Waals surface area contributed by atoms with Crippen molar-refractivity contribution in [2.75, 3.05) is 19.8 Å². The summed E-state index contributed by atoms with van der Waals surface area (Å²) >= 11 is 0. The average molecular weight is 221 g/mol. The van der Waals surface area contributed by atoms with Gasteiger partial charge in [-0.05, 0) is 25.0 Å². The average Bonchev–Trinajstić information content (AvgIpc) is 2.38. The molecule has 2 N–H and O–H groups in total. The van der Waals surface area contributed by atoms with E-state index in [0.29, 0.717) is 12.5 Å². The number of hydrogen-bond donors (Lipinski definition) is 1. The van der Waals surface area contributed by atoms with Crippen LogP contribution in [0.15, 0.2) is 30.3 Å². The number of nitrogens with two attached hydrogens (primary N) is 1. The summed E-state index contributed by atoms with van der Waals surface area (Å²) < 4.78 is 11.3. The van der Waals surface area contributed by atoms with Gasteiger partial charge in [-0.2, -0.15) is 0 Å². The van der Waals surface area contributed by atoms with Crippen molar-refractivity contribution in [3.8, 4) is 5.75 Å². The van der Waals surface area contributed by atoms with Gasteiger partial charge in [0, 0.05) is 12.5 Å². The third-order valence-electron chi connectivity index (χ3n) is 2.96. The Kier molecular flexibility index (Phi) is 4.19. The van der Waals surface area contributed by atoms with Gasteiger partial charge in [-0.15, -0.1) is 0 Å². The van der Waals surface area contributed by atoms with Crippen LogP contribution in [0.4, 0.5) is 0 Å². The van der Waals surface area contributed by atoms with Gasteiger partial charge in [-0.25, -0.2) is 0 Å². The molecular weight excluding hydrogens is 202 g/mol. The molecule has 1 aliphatic heterocycles. The maximum Gasteiger partial charge on any atom is 0.119 e. The van der Waals surface area contributed by atoms with E-state index in [1.165, 1.54) is 0 Å². The van der Waals surface area contributed by atoms with Crippen molar-refractivity contribution in [1.82, 2.24) is 0 Å². The lowest BCUT2D eigenvalue weighted by Gasteiger charge is -2.28. The SMILES string of the molecule is NC[C@H]1CC[C@@H](COc2ccccc2)CO1. The summed E-state index contributed by atoms with van der Waals surface area (Å²) in [7, 11) is 0. The topological polar surface area (TPSA) is 44.5 Å². The Morgan fingerprint density at radius 1 is 1.25 bits per heavy atom. The Labute approximate surface area is 96.5 Å². The molecule has 3 heteroatoms. The molecule has 0 unspecified atom stereocenters. The first kappa shape index (κ1) is 11.4. The minimum atomic E-state index is 0.257. The van der Waals surface area contributed by atoms with Crippen LogP contribution in [0.2, 0.25) is 0 Å². The maximum absolute atomic E-state index is 5.70. The highest BCUT2D eigenvalue weighted by Crippen LogP contribution is 2.19. The van der Waals surface area contributed by atoms with Crippen molar-refractivity contribution >= 4 is 0 Å². The molecule has 3 nitrogen and oxygen atoms in total. The summed E-state index contributed by atoms with van der Waals surface area (Å²) in [6.07, 6.45) is 2.46. The first-order chi connectivity index (χ1) is 7.88. The van der Waals surface area contributed by atoms with E-state index in [1.807, 2.05) is 30.3 Å². The molecule has 0 amide bonds. The molecule has 0 aromatic heterocycles. The molecule has 0 radical (unpaired) electrons. The Balaban J connectivity index is 1.72. The van der Waals surface area contributed by atoms with Gasteiger partial charge in [0.25, 0.3) is 0 Å². The fourth-order valence-corrected chi connectivity index (χ4v) is 1.91. The maximum atomic E-state index is 5.70. The minimum absolute atomic E-state index is 0.257. The predicted molar refractivity (Wildman–Crippen MR) is 63.5 cm³/mol. The molecule has 1 heterocycles. The molecule has 2 rings (SSSR count). The van der Waals surface area contributed by atoms with Gasteiger partial charge in [0.05, 0.1) is 19.3 Å². The summed E-state index contributed by atoms with van der Waals surface area (Å²) in [4.78, 5) is 0. The second kappa shape index (κ2) is 5.87. The van der Waals surface area contributed by atoms with Gasteiger partial charge in [0.1, 0.15) is 5.75 Å². The molecule has 88 valence electrons. The van der Waals surface area contributed by atoms with Crippen molar-refractivity contribution in [3.63, 3.8) is 0 Å². The summed E-state index contributed by atoms with van der Waals surface area (Å²) in [6.45, 7) is 2.14. The number of benzene rings is 1. The van der Waals surface area contributed by atoms with Crippen LogP contribution in [0.1, 0.15) is 12.8 Å². The number of ether oxygens (including phenoxy) is 2. The number of rotatable bonds is 4. The third kappa shape index (κ3) is 3.22. The predicted octanol–water partition coefficient (Wildman–Crippen LogP) is 1.82. The standard InChI is InChI=1S/C13H19NO2/c14-8-13-7-6-11(10-16-13)9-15-12-4-2-1-3-5-12/h1-5,11,13H,6-10,14H2/t11-,13+/m0/s1. The Hall–Kier alpha value is -1.06. The van der Waals surface area contributed by atoms with Crippen molar-refractivity contribution in [2.45, 2.75) is 18.9 Å². The van der Waals surface area contributed by atoms with E-state index < -0.39 is 0 Å². The van der Waals surface area contributed by atoms with Gasteiger partial charge < -0.3 is 15.2 Å². The Morgan fingerprint density at radius 3 is 2.69 bits per heavy atom. The molecule has 1 saturated heterocycles. The summed E-state index contributed by atoms with van der Waals surface area (Å²) in [5.74, 6) is 1.44. The number of para-hydroxylation sites is 1. The van der Waals surface area contributed by atoms with Crippen LogP contribution >= 0.6 is 0 Å². The largest absolute Gasteiger partial charge is 0.493 e. The van der Waals surface area contributed by atoms with E-state index in [9.17, 15) is 0 Å². The normalized spacial score (nSPS) is 25.3. The lowest BCUT2D eigenvalue weighted by atomic mass is 9.99. The molecule has 0 bridgehead atoms. The molecular formula is C13H19NO2. The molecule has 1 fully saturated rings. The van der Waals surface area contributed by atoms with Crippen LogP contribution in [0.5, 0.6) is 5.75 Å². The molecule has 0 saturated carbocycles. The van der Waals surface area contributed by atoms with E-state index >= 15 is 0 Å². The smallest absolute Gasteiger partial charge is 0.119 e. The minimum Gasteiger partial charge on any atom is -0.493 e. The monoisotopic (exact) mass is 221 g/mol. The highest BCUT2D eigenvalue weighted by Gasteiger charge is 2.20. The van der Waals surface area contributed by atoms with Crippen LogP contribution in [0.25, 0.3) is 0 Å². The molecule has 1 aliphatic rings. The van der Waals surface area contributed by atoms with Gasteiger partial charge in [-0.1, -0.05) is 18.2 Å². The zero-order valence-corrected chi connectivity index (χ0v) is 9.47. The van der Waals surface area contributed by atoms with E-state index in [0.717, 1.165) is 31.8 Å². The zero-order valence-electron chi connectivity index (χ0n) is 9.47. The van der Waals surface area contributed by atoms with Crippen LogP contribution in [-0.2, 0) is 4.74 Å². The second-order valence-corrected chi connectivity index (χ2v) is 4.26. The molecule has 1 aromatic carbocycles. The quantitative estimate of drug-likeness (QED) is 0.843. The van der Waals surface area contributed by atoms with Crippen LogP contribution in [0.3, 0.4) is 0 Å². The summed E-state index contributed by atoms with van der Waals surface area (Å²) in [5.41, 5.74) is 5.56. The summed E-state index contributed by atoms with van der Waals surface area (Å²) in [6, 6.07) is 9.91. The fraction of sp³-hybridized carbons (Fsp3) is 0.538. The van der Waals surface area contributed by atoms with Crippen LogP contribution < -0.4 is 10.5 Å². The van der Waals surface area contributed by atoms with Crippen LogP contribution in [0, 0.1) is 5.92 Å². The fourth-order valence-electron chi connectivity index (χ4n) is 1.91. The first-order valence-electron chi connectivity index (χ1n) is 5.88. The van der Waals surface area contributed by atoms with Gasteiger partial charge in [-0.3, -0.25) is 0 Å². The van der Waals surface area contributed by atoms with Crippen LogP contribution in [-0.4, -0.2) is 25.9 Å². The summed E-state index contributed by atoms with van der Waals surface area (Å²) in [5, 5.41) is 0. The molecule has 1 aromatic rings. The van der Waals surface area contributed by atoms with Gasteiger partial charge in [0.15, 0.2) is 0 Å². The lowest BCUT2D eigenvalue weighted by Crippen LogP contribution is -2.33. The molecule has 16 heavy (non-hydrogen) atoms. The Morgan fingerprint density at radius 2 is 2.06 bits per heavy atom. The molecule has 2 atom stereocenters. The Bertz CT molecular complexity index is 294. The molecule has 0 spiro atoms. The first-order valence-corrected chi connectivity index (χ1v) is 5.88. The highest BCUT2D eigenvalue weighted by atomic mass is 16.5. The van der Waals surface area contributed by atoms with E-state index in [1.54, 1.807) is 0 Å². The number of hydrogen-bond acceptors (Lipinski definition) is 3. The van der Waals surface area contributed by atoms with Crippen molar-refractivity contribution in [1.29, 1.82) is 0 Å². The van der Waals surface area contributed by atoms with Gasteiger partial charge >= 0.3 is 0 Å². The van der Waals surface area contributed by atoms with E-state index in [2.05, 4.69) is 0 Å². The lowest BCUT2D eigenvalue weighted by molar-refractivity contribution is -0.0219. The van der Waals surface area contributed by atoms with Crippen molar-refractivity contribution in [2.24, 2.45) is 11.7 Å². The highest BCUT2D eigenvalue weighted by molar-refractivity contribution is 5.20. The third-order valence-corrected chi connectivity index (χ3v) is 2.96. The van der Waals surface area contributed by atoms with Gasteiger partial charge in [0.2, 0.25) is 0 Å². The molecule has 0 aliphatic carbocycles. The van der Waals surface area contributed by atoms with E-state index in [-0.39, 0.29) is 6.10 Å². The van der Waals surface area contributed by atoms with E-state index in [4.69, 9.17) is 15.2 Å². The van der Waals surface area contributed by atoms with Crippen molar-refractivity contribution < 1.29 is 9.47 Å². The van der Waals surface area contributed by atoms with Crippen molar-refractivity contribution in [3.05, 3.63) is 30.3 Å². The second-order valence-electron chi connectivity index (χ2n) is 4.26.